The number of hydrogen-bond acceptors (Lipinski definition) is 5. The number of carbonyl (C=O) groups excluding carboxylic acids is 2. The van der Waals surface area contributed by atoms with Gasteiger partial charge in [0.25, 0.3) is 5.91 Å². The Morgan fingerprint density at radius 3 is 2.18 bits per heavy atom. The Bertz CT molecular complexity index is 1270. The summed E-state index contributed by atoms with van der Waals surface area (Å²) in [5.41, 5.74) is 2.53. The van der Waals surface area contributed by atoms with Crippen molar-refractivity contribution in [1.82, 2.24) is 0 Å². The molecule has 3 rings (SSSR count). The summed E-state index contributed by atoms with van der Waals surface area (Å²) in [5.74, 6) is -3.30. The molecule has 4 N–H and O–H groups in total. The molecule has 3 aromatic carbocycles. The SMILES string of the molecule is Cc1cccc(NC(=O)CSc2ccc(NC(=O)c3ccc(C(=O)O)cc3C(=O)O)cc2)c1C. The number of anilines is 2. The van der Waals surface area contributed by atoms with Crippen LogP contribution in [0.15, 0.2) is 65.6 Å². The third kappa shape index (κ3) is 6.02. The fraction of sp³-hybridized carbons (Fsp3) is 0.120. The van der Waals surface area contributed by atoms with E-state index < -0.39 is 23.4 Å². The van der Waals surface area contributed by atoms with Gasteiger partial charge in [0.1, 0.15) is 0 Å². The Labute approximate surface area is 200 Å². The van der Waals surface area contributed by atoms with Gasteiger partial charge < -0.3 is 20.8 Å². The molecule has 0 unspecified atom stereocenters. The van der Waals surface area contributed by atoms with Gasteiger partial charge in [0.15, 0.2) is 0 Å². The molecule has 174 valence electrons. The molecule has 0 radical (unpaired) electrons. The molecule has 0 aliphatic heterocycles. The van der Waals surface area contributed by atoms with Gasteiger partial charge in [-0.05, 0) is 73.5 Å². The number of nitrogens with one attached hydrogen (secondary N) is 2. The maximum atomic E-state index is 12.6. The highest BCUT2D eigenvalue weighted by atomic mass is 32.2. The van der Waals surface area contributed by atoms with Crippen LogP contribution in [0.2, 0.25) is 0 Å². The first-order valence-corrected chi connectivity index (χ1v) is 11.1. The van der Waals surface area contributed by atoms with Crippen LogP contribution in [0.1, 0.15) is 42.2 Å². The first kappa shape index (κ1) is 24.5. The molecule has 0 heterocycles. The van der Waals surface area contributed by atoms with Crippen LogP contribution < -0.4 is 10.6 Å². The normalized spacial score (nSPS) is 10.4. The molecule has 0 spiro atoms. The minimum atomic E-state index is -1.40. The molecule has 0 aliphatic rings. The number of aromatic carboxylic acids is 2. The summed E-state index contributed by atoms with van der Waals surface area (Å²) in [7, 11) is 0. The third-order valence-electron chi connectivity index (χ3n) is 5.10. The molecule has 2 amide bonds. The summed E-state index contributed by atoms with van der Waals surface area (Å²) in [5, 5.41) is 23.9. The van der Waals surface area contributed by atoms with E-state index >= 15 is 0 Å². The smallest absolute Gasteiger partial charge is 0.336 e. The lowest BCUT2D eigenvalue weighted by atomic mass is 10.0. The Morgan fingerprint density at radius 2 is 1.53 bits per heavy atom. The first-order chi connectivity index (χ1) is 16.2. The van der Waals surface area contributed by atoms with E-state index in [9.17, 15) is 24.3 Å². The average molecular weight is 479 g/mol. The number of carbonyl (C=O) groups is 4. The zero-order valence-electron chi connectivity index (χ0n) is 18.4. The highest BCUT2D eigenvalue weighted by Gasteiger charge is 2.19. The summed E-state index contributed by atoms with van der Waals surface area (Å²) in [4.78, 5) is 48.2. The van der Waals surface area contributed by atoms with Crippen molar-refractivity contribution in [1.29, 1.82) is 0 Å². The van der Waals surface area contributed by atoms with Gasteiger partial charge in [-0.15, -0.1) is 11.8 Å². The molecule has 0 aromatic heterocycles. The number of rotatable bonds is 8. The standard InChI is InChI=1S/C25H22N2O6S/c1-14-4-3-5-21(15(14)2)27-22(28)13-34-18-9-7-17(8-10-18)26-23(29)19-11-6-16(24(30)31)12-20(19)25(32)33/h3-12H,13H2,1-2H3,(H,26,29)(H,27,28)(H,30,31)(H,32,33). The average Bonchev–Trinajstić information content (AvgIpc) is 2.81. The van der Waals surface area contributed by atoms with E-state index in [0.717, 1.165) is 27.8 Å². The number of thioether (sulfide) groups is 1. The molecule has 3 aromatic rings. The topological polar surface area (TPSA) is 133 Å². The van der Waals surface area contributed by atoms with Crippen LogP contribution >= 0.6 is 11.8 Å². The van der Waals surface area contributed by atoms with Crippen molar-refractivity contribution in [2.24, 2.45) is 0 Å². The number of carboxylic acids is 2. The number of hydrogen-bond donors (Lipinski definition) is 4. The third-order valence-corrected chi connectivity index (χ3v) is 6.11. The zero-order chi connectivity index (χ0) is 24.8. The van der Waals surface area contributed by atoms with Gasteiger partial charge >= 0.3 is 11.9 Å². The van der Waals surface area contributed by atoms with Gasteiger partial charge in [-0.25, -0.2) is 9.59 Å². The predicted octanol–water partition coefficient (Wildman–Crippen LogP) is 4.68. The second-order valence-electron chi connectivity index (χ2n) is 7.43. The Hall–Kier alpha value is -4.11. The van der Waals surface area contributed by atoms with Crippen LogP contribution in [-0.2, 0) is 4.79 Å². The van der Waals surface area contributed by atoms with Gasteiger partial charge in [0.2, 0.25) is 5.91 Å². The van der Waals surface area contributed by atoms with E-state index in [2.05, 4.69) is 10.6 Å². The fourth-order valence-corrected chi connectivity index (χ4v) is 3.81. The molecule has 0 bridgehead atoms. The summed E-state index contributed by atoms with van der Waals surface area (Å²) < 4.78 is 0. The second-order valence-corrected chi connectivity index (χ2v) is 8.48. The molecular formula is C25H22N2O6S. The fourth-order valence-electron chi connectivity index (χ4n) is 3.11. The maximum Gasteiger partial charge on any atom is 0.336 e. The van der Waals surface area contributed by atoms with Crippen molar-refractivity contribution in [3.8, 4) is 0 Å². The predicted molar refractivity (Wildman–Crippen MR) is 130 cm³/mol. The molecule has 0 fully saturated rings. The van der Waals surface area contributed by atoms with Crippen molar-refractivity contribution in [2.45, 2.75) is 18.7 Å². The van der Waals surface area contributed by atoms with E-state index in [1.165, 1.54) is 23.9 Å². The van der Waals surface area contributed by atoms with Gasteiger partial charge in [0, 0.05) is 16.3 Å². The molecule has 0 saturated carbocycles. The molecule has 9 heteroatoms. The Kier molecular flexibility index (Phi) is 7.70. The highest BCUT2D eigenvalue weighted by Crippen LogP contribution is 2.23. The highest BCUT2D eigenvalue weighted by molar-refractivity contribution is 8.00. The molecule has 0 atom stereocenters. The van der Waals surface area contributed by atoms with Crippen LogP contribution in [0.3, 0.4) is 0 Å². The summed E-state index contributed by atoms with van der Waals surface area (Å²) in [6.45, 7) is 3.93. The van der Waals surface area contributed by atoms with Crippen LogP contribution in [-0.4, -0.2) is 39.7 Å². The number of amides is 2. The Morgan fingerprint density at radius 1 is 0.824 bits per heavy atom. The molecule has 8 nitrogen and oxygen atoms in total. The Balaban J connectivity index is 1.61. The van der Waals surface area contributed by atoms with Gasteiger partial charge in [0.05, 0.1) is 22.4 Å². The van der Waals surface area contributed by atoms with Gasteiger partial charge in [-0.2, -0.15) is 0 Å². The molecular weight excluding hydrogens is 456 g/mol. The summed E-state index contributed by atoms with van der Waals surface area (Å²) in [6.07, 6.45) is 0. The number of aryl methyl sites for hydroxylation is 1. The molecule has 0 saturated heterocycles. The minimum Gasteiger partial charge on any atom is -0.478 e. The molecule has 34 heavy (non-hydrogen) atoms. The van der Waals surface area contributed by atoms with Crippen LogP contribution in [0, 0.1) is 13.8 Å². The van der Waals surface area contributed by atoms with Crippen molar-refractivity contribution in [2.75, 3.05) is 16.4 Å². The van der Waals surface area contributed by atoms with Crippen molar-refractivity contribution in [3.05, 3.63) is 88.5 Å². The number of carboxylic acid groups (broad SMARTS) is 2. The van der Waals surface area contributed by atoms with E-state index in [4.69, 9.17) is 5.11 Å². The molecule has 0 aliphatic carbocycles. The van der Waals surface area contributed by atoms with Gasteiger partial charge in [-0.3, -0.25) is 9.59 Å². The quantitative estimate of drug-likeness (QED) is 0.345. The van der Waals surface area contributed by atoms with E-state index in [1.54, 1.807) is 24.3 Å². The first-order valence-electron chi connectivity index (χ1n) is 10.2. The summed E-state index contributed by atoms with van der Waals surface area (Å²) in [6, 6.07) is 15.7. The maximum absolute atomic E-state index is 12.6. The monoisotopic (exact) mass is 478 g/mol. The lowest BCUT2D eigenvalue weighted by Crippen LogP contribution is -2.17. The lowest BCUT2D eigenvalue weighted by molar-refractivity contribution is -0.113. The van der Waals surface area contributed by atoms with Crippen LogP contribution in [0.25, 0.3) is 0 Å². The minimum absolute atomic E-state index is 0.137. The van der Waals surface area contributed by atoms with E-state index in [0.29, 0.717) is 5.69 Å². The van der Waals surface area contributed by atoms with Crippen LogP contribution in [0.5, 0.6) is 0 Å². The number of benzene rings is 3. The lowest BCUT2D eigenvalue weighted by Gasteiger charge is -2.11. The van der Waals surface area contributed by atoms with Crippen LogP contribution in [0.4, 0.5) is 11.4 Å². The zero-order valence-corrected chi connectivity index (χ0v) is 19.2. The van der Waals surface area contributed by atoms with E-state index in [1.807, 2.05) is 32.0 Å². The van der Waals surface area contributed by atoms with Crippen molar-refractivity contribution in [3.63, 3.8) is 0 Å². The van der Waals surface area contributed by atoms with E-state index in [-0.39, 0.29) is 22.8 Å². The van der Waals surface area contributed by atoms with Crippen molar-refractivity contribution >= 4 is 46.9 Å². The summed E-state index contributed by atoms with van der Waals surface area (Å²) >= 11 is 1.33. The van der Waals surface area contributed by atoms with Crippen molar-refractivity contribution < 1.29 is 29.4 Å². The largest absolute Gasteiger partial charge is 0.478 e. The van der Waals surface area contributed by atoms with Gasteiger partial charge in [-0.1, -0.05) is 12.1 Å². The second kappa shape index (κ2) is 10.7.